The molecule has 0 aromatic carbocycles. The van der Waals surface area contributed by atoms with Crippen LogP contribution in [0.4, 0.5) is 0 Å². The van der Waals surface area contributed by atoms with Gasteiger partial charge >= 0.3 is 0 Å². The Kier molecular flexibility index (Phi) is 12.8. The maximum Gasteiger partial charge on any atom is 0.191 e. The van der Waals surface area contributed by atoms with Gasteiger partial charge in [-0.2, -0.15) is 0 Å². The highest BCUT2D eigenvalue weighted by Crippen LogP contribution is 2.20. The van der Waals surface area contributed by atoms with Crippen molar-refractivity contribution in [3.8, 4) is 0 Å². The number of aliphatic imine (C=N–C) groups is 1. The van der Waals surface area contributed by atoms with Gasteiger partial charge in [0, 0.05) is 25.7 Å². The second-order valence-electron chi connectivity index (χ2n) is 7.29. The number of hydrogen-bond donors (Lipinski definition) is 2. The second-order valence-corrected chi connectivity index (χ2v) is 7.29. The van der Waals surface area contributed by atoms with Crippen LogP contribution in [-0.4, -0.2) is 75.5 Å². The molecule has 2 unspecified atom stereocenters. The van der Waals surface area contributed by atoms with E-state index < -0.39 is 0 Å². The highest BCUT2D eigenvalue weighted by molar-refractivity contribution is 14.0. The third-order valence-corrected chi connectivity index (χ3v) is 5.16. The molecular weight excluding hydrogens is 443 g/mol. The summed E-state index contributed by atoms with van der Waals surface area (Å²) in [5.74, 6) is 1.74. The van der Waals surface area contributed by atoms with Crippen LogP contribution in [0.3, 0.4) is 0 Å². The summed E-state index contributed by atoms with van der Waals surface area (Å²) in [6.45, 7) is 14.2. The van der Waals surface area contributed by atoms with Crippen molar-refractivity contribution in [2.75, 3.05) is 52.5 Å². The number of ether oxygens (including phenoxy) is 2. The molecule has 0 saturated carbocycles. The first-order valence-electron chi connectivity index (χ1n) is 10.2. The smallest absolute Gasteiger partial charge is 0.191 e. The molecule has 2 saturated heterocycles. The highest BCUT2D eigenvalue weighted by atomic mass is 127. The molecule has 2 aliphatic rings. The van der Waals surface area contributed by atoms with Gasteiger partial charge in [-0.1, -0.05) is 6.92 Å². The average Bonchev–Trinajstić information content (AvgIpc) is 3.14. The third-order valence-electron chi connectivity index (χ3n) is 5.16. The molecule has 2 aliphatic heterocycles. The summed E-state index contributed by atoms with van der Waals surface area (Å²) in [6, 6.07) is 0.242. The number of rotatable bonds is 9. The normalized spacial score (nSPS) is 23.5. The predicted octanol–water partition coefficient (Wildman–Crippen LogP) is 2.48. The van der Waals surface area contributed by atoms with Crippen LogP contribution < -0.4 is 10.6 Å². The molecule has 0 spiro atoms. The topological polar surface area (TPSA) is 58.1 Å². The van der Waals surface area contributed by atoms with Gasteiger partial charge in [0.05, 0.1) is 19.3 Å². The van der Waals surface area contributed by atoms with E-state index in [0.29, 0.717) is 6.61 Å². The Balaban J connectivity index is 0.00000338. The molecule has 0 amide bonds. The van der Waals surface area contributed by atoms with Crippen molar-refractivity contribution in [3.63, 3.8) is 0 Å². The molecule has 154 valence electrons. The fourth-order valence-electron chi connectivity index (χ4n) is 3.47. The van der Waals surface area contributed by atoms with E-state index in [0.717, 1.165) is 44.6 Å². The van der Waals surface area contributed by atoms with E-state index in [1.807, 2.05) is 0 Å². The fourth-order valence-corrected chi connectivity index (χ4v) is 3.47. The summed E-state index contributed by atoms with van der Waals surface area (Å²) < 4.78 is 11.2. The Morgan fingerprint density at radius 1 is 1.27 bits per heavy atom. The van der Waals surface area contributed by atoms with Crippen molar-refractivity contribution in [3.05, 3.63) is 0 Å². The summed E-state index contributed by atoms with van der Waals surface area (Å²) in [7, 11) is 0. The Hall–Kier alpha value is -0.120. The Morgan fingerprint density at radius 2 is 2.04 bits per heavy atom. The number of piperidine rings is 1. The van der Waals surface area contributed by atoms with Crippen LogP contribution >= 0.6 is 24.0 Å². The van der Waals surface area contributed by atoms with Crippen LogP contribution in [-0.2, 0) is 9.47 Å². The highest BCUT2D eigenvalue weighted by Gasteiger charge is 2.18. The molecule has 0 aromatic heterocycles. The molecule has 2 fully saturated rings. The first-order chi connectivity index (χ1) is 12.2. The van der Waals surface area contributed by atoms with Crippen molar-refractivity contribution in [1.82, 2.24) is 15.5 Å². The summed E-state index contributed by atoms with van der Waals surface area (Å²) >= 11 is 0. The van der Waals surface area contributed by atoms with E-state index in [4.69, 9.17) is 14.5 Å². The zero-order chi connectivity index (χ0) is 17.9. The van der Waals surface area contributed by atoms with E-state index in [1.54, 1.807) is 0 Å². The number of hydrogen-bond acceptors (Lipinski definition) is 4. The van der Waals surface area contributed by atoms with Crippen molar-refractivity contribution < 1.29 is 9.47 Å². The van der Waals surface area contributed by atoms with Gasteiger partial charge in [0.15, 0.2) is 5.96 Å². The van der Waals surface area contributed by atoms with Crippen LogP contribution in [0.25, 0.3) is 0 Å². The average molecular weight is 482 g/mol. The summed E-state index contributed by atoms with van der Waals surface area (Å²) in [5, 5.41) is 6.81. The minimum absolute atomic E-state index is 0. The first kappa shape index (κ1) is 23.9. The molecular formula is C19H39IN4O2. The van der Waals surface area contributed by atoms with Gasteiger partial charge in [-0.3, -0.25) is 4.99 Å². The van der Waals surface area contributed by atoms with Gasteiger partial charge in [0.25, 0.3) is 0 Å². The monoisotopic (exact) mass is 482 g/mol. The minimum Gasteiger partial charge on any atom is -0.379 e. The lowest BCUT2D eigenvalue weighted by Crippen LogP contribution is -2.44. The van der Waals surface area contributed by atoms with E-state index in [9.17, 15) is 0 Å². The maximum atomic E-state index is 5.89. The van der Waals surface area contributed by atoms with Crippen LogP contribution in [0.15, 0.2) is 4.99 Å². The fraction of sp³-hybridized carbons (Fsp3) is 0.947. The van der Waals surface area contributed by atoms with Gasteiger partial charge < -0.3 is 25.0 Å². The molecule has 2 atom stereocenters. The lowest BCUT2D eigenvalue weighted by Gasteiger charge is -2.30. The van der Waals surface area contributed by atoms with Crippen LogP contribution in [0, 0.1) is 5.92 Å². The van der Waals surface area contributed by atoms with Crippen LogP contribution in [0.2, 0.25) is 0 Å². The van der Waals surface area contributed by atoms with Crippen LogP contribution in [0.1, 0.15) is 46.5 Å². The standard InChI is InChI=1S/C19H38N4O2.HI/c1-4-20-19(22-16(3)14-25-18-9-13-24-15-18)21-10-6-17-7-11-23(5-2)12-8-17;/h16-18H,4-15H2,1-3H3,(H2,20,21,22);1H. The molecule has 0 bridgehead atoms. The SMILES string of the molecule is CCNC(=NCCC1CCN(CC)CC1)NC(C)COC1CCOC1.I. The molecule has 7 heteroatoms. The van der Waals surface area contributed by atoms with Gasteiger partial charge in [-0.25, -0.2) is 0 Å². The number of nitrogens with one attached hydrogen (secondary N) is 2. The Bertz CT molecular complexity index is 384. The van der Waals surface area contributed by atoms with Crippen LogP contribution in [0.5, 0.6) is 0 Å². The summed E-state index contributed by atoms with van der Waals surface area (Å²) in [6.07, 6.45) is 5.11. The molecule has 0 aliphatic carbocycles. The number of guanidine groups is 1. The third kappa shape index (κ3) is 9.19. The van der Waals surface area contributed by atoms with Crippen molar-refractivity contribution >= 4 is 29.9 Å². The zero-order valence-corrected chi connectivity index (χ0v) is 19.2. The molecule has 26 heavy (non-hydrogen) atoms. The molecule has 2 rings (SSSR count). The van der Waals surface area contributed by atoms with Crippen molar-refractivity contribution in [2.45, 2.75) is 58.6 Å². The molecule has 2 heterocycles. The van der Waals surface area contributed by atoms with E-state index in [1.165, 1.54) is 38.9 Å². The molecule has 6 nitrogen and oxygen atoms in total. The van der Waals surface area contributed by atoms with E-state index in [2.05, 4.69) is 36.3 Å². The maximum absolute atomic E-state index is 5.89. The Morgan fingerprint density at radius 3 is 2.65 bits per heavy atom. The van der Waals surface area contributed by atoms with Crippen molar-refractivity contribution in [2.24, 2.45) is 10.9 Å². The van der Waals surface area contributed by atoms with Gasteiger partial charge in [-0.05, 0) is 65.1 Å². The number of nitrogens with zero attached hydrogens (tertiary/aromatic N) is 2. The quantitative estimate of drug-likeness (QED) is 0.301. The zero-order valence-electron chi connectivity index (χ0n) is 16.8. The lowest BCUT2D eigenvalue weighted by molar-refractivity contribution is 0.0347. The summed E-state index contributed by atoms with van der Waals surface area (Å²) in [5.41, 5.74) is 0. The predicted molar refractivity (Wildman–Crippen MR) is 119 cm³/mol. The van der Waals surface area contributed by atoms with Gasteiger partial charge in [0.1, 0.15) is 0 Å². The molecule has 0 aromatic rings. The Labute approximate surface area is 176 Å². The van der Waals surface area contributed by atoms with E-state index >= 15 is 0 Å². The number of likely N-dealkylation sites (tertiary alicyclic amines) is 1. The van der Waals surface area contributed by atoms with Crippen molar-refractivity contribution in [1.29, 1.82) is 0 Å². The summed E-state index contributed by atoms with van der Waals surface area (Å²) in [4.78, 5) is 7.31. The first-order valence-corrected chi connectivity index (χ1v) is 10.2. The largest absolute Gasteiger partial charge is 0.379 e. The second kappa shape index (κ2) is 14.0. The van der Waals surface area contributed by atoms with Gasteiger partial charge in [-0.15, -0.1) is 24.0 Å². The van der Waals surface area contributed by atoms with Gasteiger partial charge in [0.2, 0.25) is 0 Å². The molecule has 0 radical (unpaired) electrons. The molecule has 2 N–H and O–H groups in total. The lowest BCUT2D eigenvalue weighted by atomic mass is 9.94. The van der Waals surface area contributed by atoms with E-state index in [-0.39, 0.29) is 36.1 Å². The minimum atomic E-state index is 0. The number of halogens is 1.